The summed E-state index contributed by atoms with van der Waals surface area (Å²) < 4.78 is 0. The quantitative estimate of drug-likeness (QED) is 0.253. The number of allylic oxidation sites excluding steroid dienone is 2. The second-order valence-electron chi connectivity index (χ2n) is 9.04. The van der Waals surface area contributed by atoms with Crippen LogP contribution in [-0.2, 0) is 12.8 Å². The Labute approximate surface area is 191 Å². The molecule has 0 spiro atoms. The van der Waals surface area contributed by atoms with Gasteiger partial charge in [0.05, 0.1) is 5.70 Å². The van der Waals surface area contributed by atoms with Crippen molar-refractivity contribution in [3.63, 3.8) is 0 Å². The van der Waals surface area contributed by atoms with Gasteiger partial charge in [-0.1, -0.05) is 31.1 Å². The summed E-state index contributed by atoms with van der Waals surface area (Å²) in [4.78, 5) is 12.6. The molecule has 1 aliphatic carbocycles. The van der Waals surface area contributed by atoms with E-state index in [9.17, 15) is 0 Å². The minimum atomic E-state index is 0.222. The largest absolute Gasteiger partial charge is 0.387 e. The molecule has 2 aliphatic rings. The van der Waals surface area contributed by atoms with Gasteiger partial charge in [0.15, 0.2) is 0 Å². The summed E-state index contributed by atoms with van der Waals surface area (Å²) in [5.74, 6) is 3.75. The second kappa shape index (κ2) is 10.5. The Kier molecular flexibility index (Phi) is 7.31. The van der Waals surface area contributed by atoms with Crippen molar-refractivity contribution in [2.24, 2.45) is 10.9 Å². The molecule has 166 valence electrons. The van der Waals surface area contributed by atoms with Crippen molar-refractivity contribution in [1.82, 2.24) is 15.3 Å². The molecule has 3 heterocycles. The van der Waals surface area contributed by atoms with Crippen LogP contribution in [0.3, 0.4) is 0 Å². The molecule has 0 bridgehead atoms. The first-order valence-electron chi connectivity index (χ1n) is 11.9. The van der Waals surface area contributed by atoms with E-state index in [0.717, 1.165) is 49.1 Å². The average Bonchev–Trinajstić information content (AvgIpc) is 3.34. The number of nitrogens with one attached hydrogen (secondary N) is 3. The van der Waals surface area contributed by atoms with Crippen LogP contribution in [0.25, 0.3) is 11.0 Å². The van der Waals surface area contributed by atoms with Gasteiger partial charge in [-0.3, -0.25) is 4.99 Å². The Hall–Kier alpha value is -3.01. The lowest BCUT2D eigenvalue weighted by molar-refractivity contribution is 0.680. The Bertz CT molecular complexity index is 1070. The number of rotatable bonds is 7. The Morgan fingerprint density at radius 3 is 3.03 bits per heavy atom. The van der Waals surface area contributed by atoms with Crippen molar-refractivity contribution in [3.05, 3.63) is 46.9 Å². The molecule has 0 radical (unpaired) electrons. The summed E-state index contributed by atoms with van der Waals surface area (Å²) in [7, 11) is 1.78. The van der Waals surface area contributed by atoms with Crippen molar-refractivity contribution >= 4 is 29.8 Å². The van der Waals surface area contributed by atoms with E-state index in [2.05, 4.69) is 57.9 Å². The molecule has 6 nitrogen and oxygen atoms in total. The van der Waals surface area contributed by atoms with Crippen molar-refractivity contribution in [2.45, 2.75) is 58.1 Å². The van der Waals surface area contributed by atoms with Crippen LogP contribution < -0.4 is 10.6 Å². The van der Waals surface area contributed by atoms with Crippen molar-refractivity contribution in [3.8, 4) is 5.97 Å². The number of anilines is 1. The number of aryl methyl sites for hydroxylation is 2. The SMILES string of the molecule is C/N=C\C(=C/CN/C=C(\C)C1CCB(C#N)C1)Nc1ccc2c3c([nH]c2n1)CCCCC3. The van der Waals surface area contributed by atoms with Crippen LogP contribution >= 0.6 is 0 Å². The highest BCUT2D eigenvalue weighted by Gasteiger charge is 2.28. The molecule has 4 rings (SSSR count). The molecule has 1 atom stereocenters. The Morgan fingerprint density at radius 2 is 2.22 bits per heavy atom. The van der Waals surface area contributed by atoms with Gasteiger partial charge in [-0.25, -0.2) is 10.2 Å². The van der Waals surface area contributed by atoms with E-state index in [1.54, 1.807) is 7.05 Å². The lowest BCUT2D eigenvalue weighted by atomic mass is 9.50. The fourth-order valence-electron chi connectivity index (χ4n) is 4.97. The van der Waals surface area contributed by atoms with Gasteiger partial charge < -0.3 is 15.6 Å². The van der Waals surface area contributed by atoms with Gasteiger partial charge >= 0.3 is 0 Å². The van der Waals surface area contributed by atoms with Crippen LogP contribution in [0.4, 0.5) is 5.82 Å². The number of pyridine rings is 1. The van der Waals surface area contributed by atoms with E-state index in [1.165, 1.54) is 41.5 Å². The van der Waals surface area contributed by atoms with Crippen molar-refractivity contribution < 1.29 is 0 Å². The third-order valence-electron chi connectivity index (χ3n) is 6.78. The van der Waals surface area contributed by atoms with Gasteiger partial charge in [-0.05, 0) is 68.5 Å². The molecule has 0 saturated carbocycles. The smallest absolute Gasteiger partial charge is 0.268 e. The molecule has 1 aliphatic heterocycles. The second-order valence-corrected chi connectivity index (χ2v) is 9.04. The number of aliphatic imine (C=N–C) groups is 1. The maximum absolute atomic E-state index is 9.11. The zero-order valence-corrected chi connectivity index (χ0v) is 19.2. The van der Waals surface area contributed by atoms with Crippen molar-refractivity contribution in [1.29, 1.82) is 5.26 Å². The van der Waals surface area contributed by atoms with Gasteiger partial charge in [0.25, 0.3) is 6.71 Å². The standard InChI is InChI=1S/C25H33BN6/c1-18(19-10-12-26(14-19)17-27)15-29-13-11-20(16-28-2)30-24-9-8-22-21-6-4-3-5-7-23(21)31-25(22)32-24/h8-9,11,15-16,19,29H,3-7,10,12-14H2,1-2H3,(H2,30,31,32)/b18-15+,20-11+,28-16-. The van der Waals surface area contributed by atoms with E-state index < -0.39 is 0 Å². The summed E-state index contributed by atoms with van der Waals surface area (Å²) in [6.07, 6.45) is 15.2. The Morgan fingerprint density at radius 1 is 1.34 bits per heavy atom. The fourth-order valence-corrected chi connectivity index (χ4v) is 4.97. The van der Waals surface area contributed by atoms with E-state index in [1.807, 2.05) is 6.21 Å². The third kappa shape index (κ3) is 5.24. The zero-order valence-electron chi connectivity index (χ0n) is 19.2. The van der Waals surface area contributed by atoms with Crippen LogP contribution in [0.15, 0.2) is 40.7 Å². The lowest BCUT2D eigenvalue weighted by Gasteiger charge is -2.10. The maximum atomic E-state index is 9.11. The van der Waals surface area contributed by atoms with E-state index >= 15 is 0 Å². The predicted octanol–water partition coefficient (Wildman–Crippen LogP) is 4.90. The van der Waals surface area contributed by atoms with Gasteiger partial charge in [0.1, 0.15) is 11.5 Å². The topological polar surface area (TPSA) is 88.9 Å². The first-order chi connectivity index (χ1) is 15.7. The molecular weight excluding hydrogens is 395 g/mol. The molecule has 7 heteroatoms. The number of aromatic nitrogens is 2. The molecule has 0 aromatic carbocycles. The van der Waals surface area contributed by atoms with Crippen LogP contribution in [0.1, 0.15) is 43.9 Å². The lowest BCUT2D eigenvalue weighted by Crippen LogP contribution is -2.11. The fraction of sp³-hybridized carbons (Fsp3) is 0.480. The molecule has 1 saturated heterocycles. The summed E-state index contributed by atoms with van der Waals surface area (Å²) in [6, 6.07) is 4.24. The van der Waals surface area contributed by atoms with Gasteiger partial charge in [-0.15, -0.1) is 0 Å². The average molecular weight is 428 g/mol. The number of fused-ring (bicyclic) bond motifs is 3. The minimum Gasteiger partial charge on any atom is -0.387 e. The van der Waals surface area contributed by atoms with Crippen LogP contribution in [0, 0.1) is 17.1 Å². The normalized spacial score (nSPS) is 19.8. The number of nitriles is 1. The maximum Gasteiger partial charge on any atom is 0.268 e. The summed E-state index contributed by atoms with van der Waals surface area (Å²) in [6.45, 7) is 3.07. The summed E-state index contributed by atoms with van der Waals surface area (Å²) in [5.41, 5.74) is 6.03. The number of aromatic amines is 1. The highest BCUT2D eigenvalue weighted by molar-refractivity contribution is 6.67. The van der Waals surface area contributed by atoms with Gasteiger partial charge in [-0.2, -0.15) is 0 Å². The molecule has 2 aromatic rings. The predicted molar refractivity (Wildman–Crippen MR) is 134 cm³/mol. The molecular formula is C25H33BN6. The van der Waals surface area contributed by atoms with Gasteiger partial charge in [0, 0.05) is 36.9 Å². The highest BCUT2D eigenvalue weighted by Crippen LogP contribution is 2.31. The first-order valence-corrected chi connectivity index (χ1v) is 11.9. The van der Waals surface area contributed by atoms with Crippen LogP contribution in [0.2, 0.25) is 12.6 Å². The number of nitrogens with zero attached hydrogens (tertiary/aromatic N) is 3. The number of H-pyrrole nitrogens is 1. The van der Waals surface area contributed by atoms with E-state index in [0.29, 0.717) is 12.5 Å². The van der Waals surface area contributed by atoms with E-state index in [-0.39, 0.29) is 6.71 Å². The summed E-state index contributed by atoms with van der Waals surface area (Å²) in [5, 5.41) is 17.2. The van der Waals surface area contributed by atoms with Gasteiger partial charge in [0.2, 0.25) is 0 Å². The first kappa shape index (κ1) is 22.2. The highest BCUT2D eigenvalue weighted by atomic mass is 15.0. The zero-order chi connectivity index (χ0) is 22.3. The minimum absolute atomic E-state index is 0.222. The number of hydrogen-bond donors (Lipinski definition) is 3. The monoisotopic (exact) mass is 428 g/mol. The Balaban J connectivity index is 1.39. The van der Waals surface area contributed by atoms with E-state index in [4.69, 9.17) is 10.2 Å². The molecule has 0 amide bonds. The molecule has 1 fully saturated rings. The van der Waals surface area contributed by atoms with Crippen molar-refractivity contribution in [2.75, 3.05) is 18.9 Å². The number of hydrogen-bond acceptors (Lipinski definition) is 5. The molecule has 32 heavy (non-hydrogen) atoms. The third-order valence-corrected chi connectivity index (χ3v) is 6.78. The van der Waals surface area contributed by atoms with Crippen LogP contribution in [-0.4, -0.2) is 36.5 Å². The molecule has 3 N–H and O–H groups in total. The van der Waals surface area contributed by atoms with Crippen LogP contribution in [0.5, 0.6) is 0 Å². The molecule has 2 aromatic heterocycles. The summed E-state index contributed by atoms with van der Waals surface area (Å²) >= 11 is 0. The molecule has 1 unspecified atom stereocenters.